The number of likely N-dealkylation sites (N-methyl/N-ethyl adjacent to an activating group) is 1. The van der Waals surface area contributed by atoms with Crippen molar-refractivity contribution in [1.82, 2.24) is 9.80 Å². The molecule has 2 fully saturated rings. The molecule has 0 aromatic rings. The Hall–Kier alpha value is -1.55. The van der Waals surface area contributed by atoms with Gasteiger partial charge in [0.25, 0.3) is 0 Å². The Kier molecular flexibility index (Phi) is 7.10. The smallest absolute Gasteiger partial charge is 0.249 e. The Morgan fingerprint density at radius 1 is 1.35 bits per heavy atom. The van der Waals surface area contributed by atoms with Crippen LogP contribution < -0.4 is 0 Å². The average molecular weight is 378 g/mol. The molecule has 0 aromatic carbocycles. The minimum absolute atomic E-state index is 0.110. The van der Waals surface area contributed by atoms with Gasteiger partial charge in [0.05, 0.1) is 5.70 Å². The fraction of sp³-hybridized carbons (Fsp3) is 0.619. The van der Waals surface area contributed by atoms with Gasteiger partial charge >= 0.3 is 0 Å². The van der Waals surface area contributed by atoms with Gasteiger partial charge in [-0.2, -0.15) is 0 Å². The molecule has 5 heteroatoms. The number of carbonyl (C=O) groups excluding carboxylic acids is 1. The number of allylic oxidation sites excluding steroid dienone is 2. The van der Waals surface area contributed by atoms with Crippen LogP contribution in [0.5, 0.6) is 0 Å². The van der Waals surface area contributed by atoms with Gasteiger partial charge in [-0.3, -0.25) is 4.79 Å². The van der Waals surface area contributed by atoms with Crippen LogP contribution in [0.4, 0.5) is 0 Å². The van der Waals surface area contributed by atoms with Crippen LogP contribution in [0.2, 0.25) is 0 Å². The second-order valence-electron chi connectivity index (χ2n) is 7.45. The summed E-state index contributed by atoms with van der Waals surface area (Å²) < 4.78 is 0. The lowest BCUT2D eigenvalue weighted by Crippen LogP contribution is -2.60. The summed E-state index contributed by atoms with van der Waals surface area (Å²) in [6.45, 7) is 12.1. The Labute approximate surface area is 163 Å². The van der Waals surface area contributed by atoms with Gasteiger partial charge in [0.1, 0.15) is 11.2 Å². The SMILES string of the molecule is C=C(C)CC1C(=O)N(C)C(=CC)C(=NC(Cl)=C(C)CC)N1C1CCCC1. The number of hydrogen-bond acceptors (Lipinski definition) is 2. The van der Waals surface area contributed by atoms with Crippen LogP contribution >= 0.6 is 11.6 Å². The largest absolute Gasteiger partial charge is 0.339 e. The number of carbonyl (C=O) groups is 1. The number of amides is 1. The molecule has 0 N–H and O–H groups in total. The van der Waals surface area contributed by atoms with E-state index in [2.05, 4.69) is 18.4 Å². The van der Waals surface area contributed by atoms with Crippen molar-refractivity contribution >= 4 is 23.3 Å². The van der Waals surface area contributed by atoms with Crippen molar-refractivity contribution in [3.8, 4) is 0 Å². The predicted molar refractivity (Wildman–Crippen MR) is 110 cm³/mol. The first-order valence-electron chi connectivity index (χ1n) is 9.62. The molecular weight excluding hydrogens is 346 g/mol. The van der Waals surface area contributed by atoms with E-state index in [1.165, 1.54) is 12.8 Å². The molecule has 4 nitrogen and oxygen atoms in total. The number of piperazine rings is 1. The monoisotopic (exact) mass is 377 g/mol. The van der Waals surface area contributed by atoms with Crippen LogP contribution in [-0.4, -0.2) is 40.7 Å². The third-order valence-corrected chi connectivity index (χ3v) is 5.81. The molecule has 26 heavy (non-hydrogen) atoms. The first-order chi connectivity index (χ1) is 12.3. The van der Waals surface area contributed by atoms with Gasteiger partial charge in [-0.05, 0) is 52.0 Å². The highest BCUT2D eigenvalue weighted by molar-refractivity contribution is 6.30. The van der Waals surface area contributed by atoms with Crippen molar-refractivity contribution < 1.29 is 4.79 Å². The average Bonchev–Trinajstić information content (AvgIpc) is 3.12. The van der Waals surface area contributed by atoms with Crippen LogP contribution in [0.1, 0.15) is 66.2 Å². The van der Waals surface area contributed by atoms with Gasteiger partial charge in [-0.15, -0.1) is 6.58 Å². The Bertz CT molecular complexity index is 656. The van der Waals surface area contributed by atoms with Gasteiger partial charge in [0.2, 0.25) is 5.91 Å². The number of hydrogen-bond donors (Lipinski definition) is 0. The molecule has 1 heterocycles. The van der Waals surface area contributed by atoms with E-state index in [1.807, 2.05) is 33.9 Å². The zero-order valence-electron chi connectivity index (χ0n) is 16.8. The quantitative estimate of drug-likeness (QED) is 0.486. The van der Waals surface area contributed by atoms with Crippen molar-refractivity contribution in [2.45, 2.75) is 78.3 Å². The third-order valence-electron chi connectivity index (χ3n) is 5.41. The maximum atomic E-state index is 13.1. The molecule has 2 rings (SSSR count). The van der Waals surface area contributed by atoms with E-state index >= 15 is 0 Å². The Morgan fingerprint density at radius 2 is 1.96 bits per heavy atom. The van der Waals surface area contributed by atoms with Crippen LogP contribution in [0, 0.1) is 0 Å². The van der Waals surface area contributed by atoms with Crippen molar-refractivity contribution in [3.05, 3.63) is 34.7 Å². The molecule has 144 valence electrons. The van der Waals surface area contributed by atoms with E-state index in [0.717, 1.165) is 41.9 Å². The van der Waals surface area contributed by atoms with Gasteiger partial charge in [-0.1, -0.05) is 43.0 Å². The lowest BCUT2D eigenvalue weighted by atomic mass is 9.98. The summed E-state index contributed by atoms with van der Waals surface area (Å²) in [5, 5.41) is 0.529. The van der Waals surface area contributed by atoms with Gasteiger partial charge in [0, 0.05) is 13.1 Å². The number of halogens is 1. The standard InChI is InChI=1S/C21H32ClN3O/c1-7-15(5)19(22)23-20-17(8-2)24(6)21(26)18(13-14(3)4)25(20)16-11-9-10-12-16/h8,16,18H,3,7,9-13H2,1-2,4-6H3. The maximum Gasteiger partial charge on any atom is 0.249 e. The van der Waals surface area contributed by atoms with Gasteiger partial charge < -0.3 is 9.80 Å². The van der Waals surface area contributed by atoms with Crippen molar-refractivity contribution in [1.29, 1.82) is 0 Å². The second-order valence-corrected chi connectivity index (χ2v) is 7.81. The predicted octanol–water partition coefficient (Wildman–Crippen LogP) is 5.22. The molecule has 2 aliphatic rings. The highest BCUT2D eigenvalue weighted by Crippen LogP contribution is 2.34. The topological polar surface area (TPSA) is 35.9 Å². The first kappa shape index (κ1) is 20.8. The van der Waals surface area contributed by atoms with E-state index in [4.69, 9.17) is 16.6 Å². The molecular formula is C21H32ClN3O. The van der Waals surface area contributed by atoms with E-state index in [1.54, 1.807) is 4.90 Å². The highest BCUT2D eigenvalue weighted by atomic mass is 35.5. The van der Waals surface area contributed by atoms with Crippen molar-refractivity contribution in [3.63, 3.8) is 0 Å². The van der Waals surface area contributed by atoms with Crippen LogP contribution in [0.3, 0.4) is 0 Å². The molecule has 1 atom stereocenters. The molecule has 1 aliphatic heterocycles. The van der Waals surface area contributed by atoms with Gasteiger partial charge in [0.15, 0.2) is 5.84 Å². The summed E-state index contributed by atoms with van der Waals surface area (Å²) in [6, 6.07) is 0.0755. The zero-order valence-corrected chi connectivity index (χ0v) is 17.6. The van der Waals surface area contributed by atoms with Crippen LogP contribution in [-0.2, 0) is 4.79 Å². The summed E-state index contributed by atoms with van der Waals surface area (Å²) in [7, 11) is 1.83. The number of nitrogens with zero attached hydrogens (tertiary/aromatic N) is 3. The van der Waals surface area contributed by atoms with Gasteiger partial charge in [-0.25, -0.2) is 4.99 Å². The summed E-state index contributed by atoms with van der Waals surface area (Å²) in [4.78, 5) is 21.9. The van der Waals surface area contributed by atoms with Crippen molar-refractivity contribution in [2.24, 2.45) is 4.99 Å². The summed E-state index contributed by atoms with van der Waals surface area (Å²) in [6.07, 6.45) is 8.03. The maximum absolute atomic E-state index is 13.1. The lowest BCUT2D eigenvalue weighted by molar-refractivity contribution is -0.134. The molecule has 1 saturated carbocycles. The summed E-state index contributed by atoms with van der Waals surface area (Å²) in [5.74, 6) is 0.935. The molecule has 1 saturated heterocycles. The molecule has 1 unspecified atom stereocenters. The molecule has 0 bridgehead atoms. The van der Waals surface area contributed by atoms with Crippen LogP contribution in [0.25, 0.3) is 0 Å². The zero-order chi connectivity index (χ0) is 19.4. The molecule has 1 amide bonds. The number of amidine groups is 1. The van der Waals surface area contributed by atoms with E-state index < -0.39 is 0 Å². The Balaban J connectivity index is 2.61. The fourth-order valence-electron chi connectivity index (χ4n) is 3.79. The minimum atomic E-state index is -0.255. The van der Waals surface area contributed by atoms with E-state index in [0.29, 0.717) is 17.6 Å². The van der Waals surface area contributed by atoms with E-state index in [9.17, 15) is 4.79 Å². The molecule has 1 aliphatic carbocycles. The lowest BCUT2D eigenvalue weighted by Gasteiger charge is -2.46. The highest BCUT2D eigenvalue weighted by Gasteiger charge is 2.43. The molecule has 0 spiro atoms. The molecule has 0 aromatic heterocycles. The number of aliphatic imine (C=N–C) groups is 1. The fourth-order valence-corrected chi connectivity index (χ4v) is 4.00. The number of rotatable bonds is 5. The minimum Gasteiger partial charge on any atom is -0.339 e. The molecule has 0 radical (unpaired) electrons. The van der Waals surface area contributed by atoms with Crippen molar-refractivity contribution in [2.75, 3.05) is 7.05 Å². The van der Waals surface area contributed by atoms with Crippen LogP contribution in [0.15, 0.2) is 39.6 Å². The summed E-state index contributed by atoms with van der Waals surface area (Å²) in [5.41, 5.74) is 2.90. The summed E-state index contributed by atoms with van der Waals surface area (Å²) >= 11 is 6.51. The normalized spacial score (nSPS) is 26.1. The first-order valence-corrected chi connectivity index (χ1v) is 10.00. The Morgan fingerprint density at radius 3 is 2.46 bits per heavy atom. The third kappa shape index (κ3) is 4.22. The second kappa shape index (κ2) is 8.90. The van der Waals surface area contributed by atoms with E-state index in [-0.39, 0.29) is 11.9 Å².